The van der Waals surface area contributed by atoms with Gasteiger partial charge in [-0.25, -0.2) is 9.10 Å². The molecule has 16 heavy (non-hydrogen) atoms. The molecule has 0 bridgehead atoms. The van der Waals surface area contributed by atoms with Crippen molar-refractivity contribution in [2.75, 3.05) is 6.54 Å². The molecule has 1 aliphatic rings. The lowest BCUT2D eigenvalue weighted by atomic mass is 10.2. The third-order valence-electron chi connectivity index (χ3n) is 2.07. The number of rotatable bonds is 2. The monoisotopic (exact) mass is 247 g/mol. The molecule has 0 spiro atoms. The standard InChI is InChI=1S/C10H17NO4S/c1-10(2,3)15-9(14)16-11-6-4-5-7(11)8(12)13/h7H,4-6H2,1-3H3,(H,12,13). The second kappa shape index (κ2) is 5.05. The summed E-state index contributed by atoms with van der Waals surface area (Å²) >= 11 is 0.862. The molecule has 92 valence electrons. The molecule has 5 nitrogen and oxygen atoms in total. The molecule has 0 aromatic heterocycles. The van der Waals surface area contributed by atoms with E-state index in [-0.39, 0.29) is 0 Å². The number of carboxylic acid groups (broad SMARTS) is 1. The smallest absolute Gasteiger partial charge is 0.383 e. The van der Waals surface area contributed by atoms with Crippen LogP contribution in [0.5, 0.6) is 0 Å². The fourth-order valence-electron chi connectivity index (χ4n) is 1.46. The van der Waals surface area contributed by atoms with Gasteiger partial charge in [0.15, 0.2) is 0 Å². The van der Waals surface area contributed by atoms with E-state index in [0.29, 0.717) is 13.0 Å². The van der Waals surface area contributed by atoms with E-state index < -0.39 is 22.9 Å². The summed E-state index contributed by atoms with van der Waals surface area (Å²) in [5.74, 6) is -0.881. The molecule has 0 saturated carbocycles. The van der Waals surface area contributed by atoms with Gasteiger partial charge in [-0.05, 0) is 33.6 Å². The summed E-state index contributed by atoms with van der Waals surface area (Å²) in [6.07, 6.45) is 1.39. The number of aliphatic carboxylic acids is 1. The van der Waals surface area contributed by atoms with Crippen LogP contribution in [0.4, 0.5) is 4.79 Å². The lowest BCUT2D eigenvalue weighted by Gasteiger charge is -2.22. The average molecular weight is 247 g/mol. The Bertz CT molecular complexity index is 287. The third-order valence-corrected chi connectivity index (χ3v) is 2.97. The Balaban J connectivity index is 2.47. The van der Waals surface area contributed by atoms with Crippen LogP contribution in [0, 0.1) is 0 Å². The normalized spacial score (nSPS) is 22.1. The molecule has 1 fully saturated rings. The second-order valence-electron chi connectivity index (χ2n) is 4.69. The number of hydrogen-bond acceptors (Lipinski definition) is 5. The van der Waals surface area contributed by atoms with Gasteiger partial charge in [-0.3, -0.25) is 4.79 Å². The number of carbonyl (C=O) groups is 2. The maximum absolute atomic E-state index is 11.5. The summed E-state index contributed by atoms with van der Waals surface area (Å²) in [5, 5.41) is 8.48. The Labute approximate surface area is 99.3 Å². The lowest BCUT2D eigenvalue weighted by molar-refractivity contribution is -0.140. The third kappa shape index (κ3) is 4.02. The number of carbonyl (C=O) groups excluding carboxylic acids is 1. The predicted molar refractivity (Wildman–Crippen MR) is 61.2 cm³/mol. The van der Waals surface area contributed by atoms with Gasteiger partial charge < -0.3 is 9.84 Å². The van der Waals surface area contributed by atoms with Gasteiger partial charge in [-0.2, -0.15) is 0 Å². The predicted octanol–water partition coefficient (Wildman–Crippen LogP) is 2.12. The van der Waals surface area contributed by atoms with E-state index >= 15 is 0 Å². The van der Waals surface area contributed by atoms with Crippen molar-refractivity contribution in [2.45, 2.75) is 45.3 Å². The Hall–Kier alpha value is -0.750. The van der Waals surface area contributed by atoms with E-state index in [1.54, 1.807) is 25.1 Å². The minimum atomic E-state index is -0.881. The molecule has 1 aliphatic heterocycles. The first kappa shape index (κ1) is 13.3. The van der Waals surface area contributed by atoms with Crippen LogP contribution >= 0.6 is 11.9 Å². The first-order valence-electron chi connectivity index (χ1n) is 5.20. The highest BCUT2D eigenvalue weighted by atomic mass is 32.2. The van der Waals surface area contributed by atoms with Crippen molar-refractivity contribution in [2.24, 2.45) is 0 Å². The maximum Gasteiger partial charge on any atom is 0.383 e. The Morgan fingerprint density at radius 2 is 2.06 bits per heavy atom. The lowest BCUT2D eigenvalue weighted by Crippen LogP contribution is -2.33. The summed E-state index contributed by atoms with van der Waals surface area (Å²) in [6, 6.07) is -0.572. The Morgan fingerprint density at radius 3 is 2.56 bits per heavy atom. The highest BCUT2D eigenvalue weighted by molar-refractivity contribution is 8.11. The van der Waals surface area contributed by atoms with Crippen molar-refractivity contribution >= 4 is 23.2 Å². The van der Waals surface area contributed by atoms with Crippen LogP contribution < -0.4 is 0 Å². The highest BCUT2D eigenvalue weighted by Gasteiger charge is 2.33. The number of ether oxygens (including phenoxy) is 1. The maximum atomic E-state index is 11.5. The molecule has 0 radical (unpaired) electrons. The van der Waals surface area contributed by atoms with Gasteiger partial charge in [0.25, 0.3) is 0 Å². The zero-order valence-electron chi connectivity index (χ0n) is 9.73. The van der Waals surface area contributed by atoms with Crippen LogP contribution in [0.1, 0.15) is 33.6 Å². The van der Waals surface area contributed by atoms with Crippen LogP contribution in [0.15, 0.2) is 0 Å². The minimum absolute atomic E-state index is 0.444. The van der Waals surface area contributed by atoms with E-state index in [2.05, 4.69) is 0 Å². The van der Waals surface area contributed by atoms with Gasteiger partial charge in [-0.15, -0.1) is 0 Å². The van der Waals surface area contributed by atoms with Crippen molar-refractivity contribution in [1.82, 2.24) is 4.31 Å². The van der Waals surface area contributed by atoms with Crippen LogP contribution in [0.3, 0.4) is 0 Å². The van der Waals surface area contributed by atoms with Crippen LogP contribution in [0.2, 0.25) is 0 Å². The largest absolute Gasteiger partial charge is 0.480 e. The molecule has 0 aliphatic carbocycles. The minimum Gasteiger partial charge on any atom is -0.480 e. The summed E-state index contributed by atoms with van der Waals surface area (Å²) in [6.45, 7) is 5.96. The van der Waals surface area contributed by atoms with Gasteiger partial charge in [-0.1, -0.05) is 0 Å². The molecule has 1 N–H and O–H groups in total. The fourth-order valence-corrected chi connectivity index (χ4v) is 2.48. The van der Waals surface area contributed by atoms with Gasteiger partial charge in [0, 0.05) is 18.5 Å². The van der Waals surface area contributed by atoms with Crippen molar-refractivity contribution in [1.29, 1.82) is 0 Å². The number of carboxylic acids is 1. The molecule has 1 heterocycles. The van der Waals surface area contributed by atoms with Crippen LogP contribution in [-0.4, -0.2) is 38.9 Å². The molecule has 1 atom stereocenters. The Morgan fingerprint density at radius 1 is 1.44 bits per heavy atom. The van der Waals surface area contributed by atoms with E-state index in [9.17, 15) is 9.59 Å². The SMILES string of the molecule is CC(C)(C)OC(=O)SN1CCCC1C(=O)O. The summed E-state index contributed by atoms with van der Waals surface area (Å²) in [7, 11) is 0. The molecular weight excluding hydrogens is 230 g/mol. The molecule has 6 heteroatoms. The quantitative estimate of drug-likeness (QED) is 0.595. The van der Waals surface area contributed by atoms with Crippen molar-refractivity contribution < 1.29 is 19.4 Å². The van der Waals surface area contributed by atoms with Gasteiger partial charge in [0.1, 0.15) is 11.6 Å². The topological polar surface area (TPSA) is 66.8 Å². The van der Waals surface area contributed by atoms with Gasteiger partial charge in [0.2, 0.25) is 0 Å². The fraction of sp³-hybridized carbons (Fsp3) is 0.800. The van der Waals surface area contributed by atoms with E-state index in [1.807, 2.05) is 0 Å². The number of nitrogens with zero attached hydrogens (tertiary/aromatic N) is 1. The van der Waals surface area contributed by atoms with Crippen molar-refractivity contribution in [3.05, 3.63) is 0 Å². The van der Waals surface area contributed by atoms with Crippen molar-refractivity contribution in [3.8, 4) is 0 Å². The molecule has 0 aromatic carbocycles. The zero-order valence-corrected chi connectivity index (χ0v) is 10.5. The van der Waals surface area contributed by atoms with E-state index in [1.165, 1.54) is 0 Å². The van der Waals surface area contributed by atoms with Crippen LogP contribution in [0.25, 0.3) is 0 Å². The highest BCUT2D eigenvalue weighted by Crippen LogP contribution is 2.27. The molecule has 0 aromatic rings. The first-order valence-corrected chi connectivity index (χ1v) is 5.97. The summed E-state index contributed by atoms with van der Waals surface area (Å²) < 4.78 is 6.70. The second-order valence-corrected chi connectivity index (χ2v) is 5.68. The summed E-state index contributed by atoms with van der Waals surface area (Å²) in [5.41, 5.74) is -0.539. The number of hydrogen-bond donors (Lipinski definition) is 1. The molecule has 0 amide bonds. The molecular formula is C10H17NO4S. The van der Waals surface area contributed by atoms with Crippen LogP contribution in [-0.2, 0) is 9.53 Å². The van der Waals surface area contributed by atoms with Crippen molar-refractivity contribution in [3.63, 3.8) is 0 Å². The zero-order chi connectivity index (χ0) is 12.3. The molecule has 1 unspecified atom stereocenters. The summed E-state index contributed by atoms with van der Waals surface area (Å²) in [4.78, 5) is 22.4. The van der Waals surface area contributed by atoms with E-state index in [4.69, 9.17) is 9.84 Å². The van der Waals surface area contributed by atoms with Gasteiger partial charge in [0.05, 0.1) is 0 Å². The average Bonchev–Trinajstić information content (AvgIpc) is 2.47. The molecule has 1 rings (SSSR count). The Kier molecular flexibility index (Phi) is 4.21. The molecule has 1 saturated heterocycles. The first-order chi connectivity index (χ1) is 7.29. The van der Waals surface area contributed by atoms with Gasteiger partial charge >= 0.3 is 11.3 Å². The van der Waals surface area contributed by atoms with E-state index in [0.717, 1.165) is 18.4 Å².